The fraction of sp³-hybridized carbons (Fsp3) is 0.267. The number of rotatable bonds is 4. The molecule has 0 aliphatic heterocycles. The molecule has 1 heterocycles. The molecular formula is C15H18FN3. The molecule has 0 saturated heterocycles. The standard InChI is InChI=1S/C15H18FN3/c1-10-7-13(8-11(2)18-10)15(19-17)9-12-3-5-14(16)6-4-12/h3-8,15,19H,9,17H2,1-2H3. The van der Waals surface area contributed by atoms with Crippen molar-refractivity contribution in [3.05, 3.63) is 64.7 Å². The first-order chi connectivity index (χ1) is 9.08. The van der Waals surface area contributed by atoms with Crippen molar-refractivity contribution in [2.45, 2.75) is 26.3 Å². The Bertz CT molecular complexity index is 532. The van der Waals surface area contributed by atoms with Gasteiger partial charge in [-0.1, -0.05) is 12.1 Å². The molecule has 2 aromatic rings. The number of aryl methyl sites for hydroxylation is 2. The first kappa shape index (κ1) is 13.6. The molecule has 0 fully saturated rings. The maximum atomic E-state index is 12.9. The van der Waals surface area contributed by atoms with Gasteiger partial charge < -0.3 is 0 Å². The molecule has 19 heavy (non-hydrogen) atoms. The fourth-order valence-corrected chi connectivity index (χ4v) is 2.20. The molecule has 1 atom stereocenters. The third-order valence-corrected chi connectivity index (χ3v) is 3.06. The number of hydrogen-bond donors (Lipinski definition) is 2. The van der Waals surface area contributed by atoms with Crippen molar-refractivity contribution in [2.75, 3.05) is 0 Å². The van der Waals surface area contributed by atoms with Gasteiger partial charge in [-0.25, -0.2) is 4.39 Å². The van der Waals surface area contributed by atoms with Gasteiger partial charge >= 0.3 is 0 Å². The van der Waals surface area contributed by atoms with Crippen LogP contribution in [0.15, 0.2) is 36.4 Å². The summed E-state index contributed by atoms with van der Waals surface area (Å²) >= 11 is 0. The summed E-state index contributed by atoms with van der Waals surface area (Å²) in [7, 11) is 0. The molecule has 3 nitrogen and oxygen atoms in total. The minimum absolute atomic E-state index is 0.00846. The second-order valence-electron chi connectivity index (χ2n) is 4.73. The normalized spacial score (nSPS) is 12.4. The lowest BCUT2D eigenvalue weighted by Gasteiger charge is -2.17. The van der Waals surface area contributed by atoms with Crippen molar-refractivity contribution in [3.63, 3.8) is 0 Å². The minimum atomic E-state index is -0.225. The Hall–Kier alpha value is -1.78. The second-order valence-corrected chi connectivity index (χ2v) is 4.73. The van der Waals surface area contributed by atoms with Gasteiger partial charge in [-0.2, -0.15) is 0 Å². The summed E-state index contributed by atoms with van der Waals surface area (Å²) in [5, 5.41) is 0. The van der Waals surface area contributed by atoms with Crippen LogP contribution in [0.3, 0.4) is 0 Å². The highest BCUT2D eigenvalue weighted by molar-refractivity contribution is 5.26. The van der Waals surface area contributed by atoms with Crippen LogP contribution in [0.25, 0.3) is 0 Å². The Labute approximate surface area is 112 Å². The summed E-state index contributed by atoms with van der Waals surface area (Å²) in [6.07, 6.45) is 0.708. The van der Waals surface area contributed by atoms with E-state index >= 15 is 0 Å². The molecule has 3 N–H and O–H groups in total. The van der Waals surface area contributed by atoms with Crippen LogP contribution in [-0.2, 0) is 6.42 Å². The van der Waals surface area contributed by atoms with Gasteiger partial charge in [-0.3, -0.25) is 16.3 Å². The van der Waals surface area contributed by atoms with Crippen molar-refractivity contribution in [1.29, 1.82) is 0 Å². The molecule has 1 unspecified atom stereocenters. The third-order valence-electron chi connectivity index (χ3n) is 3.06. The van der Waals surface area contributed by atoms with Crippen molar-refractivity contribution in [2.24, 2.45) is 5.84 Å². The number of hydrazine groups is 1. The van der Waals surface area contributed by atoms with Gasteiger partial charge in [0.15, 0.2) is 0 Å². The largest absolute Gasteiger partial charge is 0.271 e. The van der Waals surface area contributed by atoms with Crippen LogP contribution in [0, 0.1) is 19.7 Å². The summed E-state index contributed by atoms with van der Waals surface area (Å²) in [5.74, 6) is 5.41. The number of nitrogens with zero attached hydrogens (tertiary/aromatic N) is 1. The Morgan fingerprint density at radius 1 is 1.16 bits per heavy atom. The lowest BCUT2D eigenvalue weighted by Crippen LogP contribution is -2.29. The topological polar surface area (TPSA) is 50.9 Å². The van der Waals surface area contributed by atoms with Crippen molar-refractivity contribution in [3.8, 4) is 0 Å². The highest BCUT2D eigenvalue weighted by Gasteiger charge is 2.12. The molecule has 1 aromatic heterocycles. The van der Waals surface area contributed by atoms with Crippen LogP contribution in [0.2, 0.25) is 0 Å². The number of benzene rings is 1. The molecular weight excluding hydrogens is 241 g/mol. The van der Waals surface area contributed by atoms with E-state index in [4.69, 9.17) is 5.84 Å². The summed E-state index contributed by atoms with van der Waals surface area (Å²) in [6, 6.07) is 10.5. The Kier molecular flexibility index (Phi) is 4.24. The van der Waals surface area contributed by atoms with Gasteiger partial charge in [0, 0.05) is 11.4 Å². The molecule has 2 rings (SSSR count). The zero-order valence-electron chi connectivity index (χ0n) is 11.2. The van der Waals surface area contributed by atoms with Crippen LogP contribution < -0.4 is 11.3 Å². The van der Waals surface area contributed by atoms with Gasteiger partial charge in [0.2, 0.25) is 0 Å². The number of aromatic nitrogens is 1. The number of nitrogens with one attached hydrogen (secondary N) is 1. The molecule has 100 valence electrons. The van der Waals surface area contributed by atoms with Crippen molar-refractivity contribution >= 4 is 0 Å². The maximum Gasteiger partial charge on any atom is 0.123 e. The van der Waals surface area contributed by atoms with Gasteiger partial charge in [-0.15, -0.1) is 0 Å². The zero-order valence-corrected chi connectivity index (χ0v) is 11.2. The quantitative estimate of drug-likeness (QED) is 0.655. The van der Waals surface area contributed by atoms with Crippen LogP contribution in [0.5, 0.6) is 0 Å². The average Bonchev–Trinajstić information content (AvgIpc) is 2.37. The van der Waals surface area contributed by atoms with Crippen LogP contribution in [0.1, 0.15) is 28.6 Å². The van der Waals surface area contributed by atoms with Crippen molar-refractivity contribution < 1.29 is 4.39 Å². The molecule has 0 saturated carbocycles. The van der Waals surface area contributed by atoms with E-state index in [-0.39, 0.29) is 11.9 Å². The lowest BCUT2D eigenvalue weighted by molar-refractivity contribution is 0.549. The summed E-state index contributed by atoms with van der Waals surface area (Å²) < 4.78 is 12.9. The first-order valence-corrected chi connectivity index (χ1v) is 6.24. The Morgan fingerprint density at radius 3 is 2.26 bits per heavy atom. The molecule has 0 amide bonds. The number of pyridine rings is 1. The predicted molar refractivity (Wildman–Crippen MR) is 73.9 cm³/mol. The molecule has 0 radical (unpaired) electrons. The van der Waals surface area contributed by atoms with Crippen LogP contribution in [-0.4, -0.2) is 4.98 Å². The van der Waals surface area contributed by atoms with E-state index in [1.807, 2.05) is 26.0 Å². The van der Waals surface area contributed by atoms with Crippen molar-refractivity contribution in [1.82, 2.24) is 10.4 Å². The van der Waals surface area contributed by atoms with Crippen LogP contribution >= 0.6 is 0 Å². The zero-order chi connectivity index (χ0) is 13.8. The molecule has 0 spiro atoms. The van der Waals surface area contributed by atoms with Gasteiger partial charge in [0.1, 0.15) is 5.82 Å². The molecule has 0 aliphatic rings. The summed E-state index contributed by atoms with van der Waals surface area (Å²) in [4.78, 5) is 4.35. The second kappa shape index (κ2) is 5.91. The predicted octanol–water partition coefficient (Wildman–Crippen LogP) is 2.58. The van der Waals surface area contributed by atoms with Gasteiger partial charge in [-0.05, 0) is 55.7 Å². The lowest BCUT2D eigenvalue weighted by atomic mass is 9.99. The molecule has 4 heteroatoms. The summed E-state index contributed by atoms with van der Waals surface area (Å²) in [6.45, 7) is 3.92. The Balaban J connectivity index is 2.22. The Morgan fingerprint density at radius 2 is 1.74 bits per heavy atom. The number of halogens is 1. The highest BCUT2D eigenvalue weighted by Crippen LogP contribution is 2.19. The van der Waals surface area contributed by atoms with E-state index < -0.39 is 0 Å². The minimum Gasteiger partial charge on any atom is -0.271 e. The van der Waals surface area contributed by atoms with E-state index in [2.05, 4.69) is 10.4 Å². The van der Waals surface area contributed by atoms with E-state index in [9.17, 15) is 4.39 Å². The first-order valence-electron chi connectivity index (χ1n) is 6.24. The van der Waals surface area contributed by atoms with Crippen LogP contribution in [0.4, 0.5) is 4.39 Å². The summed E-state index contributed by atoms with van der Waals surface area (Å²) in [5.41, 5.74) is 6.88. The maximum absolute atomic E-state index is 12.9. The van der Waals surface area contributed by atoms with E-state index in [0.29, 0.717) is 6.42 Å². The molecule has 0 aliphatic carbocycles. The highest BCUT2D eigenvalue weighted by atomic mass is 19.1. The molecule has 0 bridgehead atoms. The SMILES string of the molecule is Cc1cc(C(Cc2ccc(F)cc2)NN)cc(C)n1. The molecule has 1 aromatic carbocycles. The average molecular weight is 259 g/mol. The van der Waals surface area contributed by atoms with E-state index in [1.54, 1.807) is 12.1 Å². The van der Waals surface area contributed by atoms with Gasteiger partial charge in [0.25, 0.3) is 0 Å². The third kappa shape index (κ3) is 3.59. The van der Waals surface area contributed by atoms with Gasteiger partial charge in [0.05, 0.1) is 6.04 Å². The monoisotopic (exact) mass is 259 g/mol. The fourth-order valence-electron chi connectivity index (χ4n) is 2.20. The van der Waals surface area contributed by atoms with E-state index in [0.717, 1.165) is 22.5 Å². The van der Waals surface area contributed by atoms with E-state index in [1.165, 1.54) is 12.1 Å². The number of nitrogens with two attached hydrogens (primary N) is 1. The smallest absolute Gasteiger partial charge is 0.123 e. The number of hydrogen-bond acceptors (Lipinski definition) is 3.